The van der Waals surface area contributed by atoms with Crippen LogP contribution < -0.4 is 0 Å². The molecule has 0 aliphatic carbocycles. The van der Waals surface area contributed by atoms with Crippen LogP contribution in [0.5, 0.6) is 0 Å². The fourth-order valence-corrected chi connectivity index (χ4v) is 2.94. The first-order chi connectivity index (χ1) is 9.82. The minimum Gasteiger partial charge on any atom is -0.544 e. The molecule has 1 rings (SSSR count). The van der Waals surface area contributed by atoms with Crippen LogP contribution >= 0.6 is 0 Å². The molecule has 1 heterocycles. The van der Waals surface area contributed by atoms with Gasteiger partial charge < -0.3 is 13.9 Å². The molecule has 128 valence electrons. The fourth-order valence-electron chi connectivity index (χ4n) is 1.91. The highest BCUT2D eigenvalue weighted by Gasteiger charge is 2.39. The molecular weight excluding hydrogens is 292 g/mol. The first kappa shape index (κ1) is 19.5. The highest BCUT2D eigenvalue weighted by atomic mass is 28.4. The second kappa shape index (κ2) is 6.89. The molecule has 1 aliphatic rings. The van der Waals surface area contributed by atoms with Crippen LogP contribution in [0.3, 0.4) is 0 Å². The molecule has 3 nitrogen and oxygen atoms in total. The van der Waals surface area contributed by atoms with Crippen molar-refractivity contribution in [3.8, 4) is 0 Å². The minimum absolute atomic E-state index is 0.00595. The Bertz CT molecular complexity index is 428. The van der Waals surface area contributed by atoms with Gasteiger partial charge in [-0.2, -0.15) is 0 Å². The van der Waals surface area contributed by atoms with Gasteiger partial charge >= 0.3 is 0 Å². The van der Waals surface area contributed by atoms with Crippen molar-refractivity contribution < 1.29 is 13.9 Å². The van der Waals surface area contributed by atoms with Gasteiger partial charge in [-0.05, 0) is 56.1 Å². The van der Waals surface area contributed by atoms with Gasteiger partial charge in [-0.1, -0.05) is 34.6 Å². The first-order valence-electron chi connectivity index (χ1n) is 8.23. The van der Waals surface area contributed by atoms with E-state index >= 15 is 0 Å². The maximum absolute atomic E-state index is 6.44. The zero-order valence-corrected chi connectivity index (χ0v) is 16.8. The van der Waals surface area contributed by atoms with E-state index in [1.165, 1.54) is 0 Å². The Kier molecular flexibility index (Phi) is 6.10. The summed E-state index contributed by atoms with van der Waals surface area (Å²) in [6.45, 7) is 20.1. The third-order valence-electron chi connectivity index (χ3n) is 4.18. The summed E-state index contributed by atoms with van der Waals surface area (Å²) in [7, 11) is -1.83. The first-order valence-corrected chi connectivity index (χ1v) is 11.1. The van der Waals surface area contributed by atoms with Crippen LogP contribution in [0.15, 0.2) is 24.0 Å². The van der Waals surface area contributed by atoms with Gasteiger partial charge in [0.2, 0.25) is 8.32 Å². The van der Waals surface area contributed by atoms with Gasteiger partial charge in [0.05, 0.1) is 12.4 Å². The van der Waals surface area contributed by atoms with Gasteiger partial charge in [-0.25, -0.2) is 0 Å². The normalized spacial score (nSPS) is 23.5. The fraction of sp³-hybridized carbons (Fsp3) is 0.778. The monoisotopic (exact) mass is 326 g/mol. The van der Waals surface area contributed by atoms with Crippen molar-refractivity contribution in [2.75, 3.05) is 6.61 Å². The molecule has 22 heavy (non-hydrogen) atoms. The predicted molar refractivity (Wildman–Crippen MR) is 95.2 cm³/mol. The summed E-state index contributed by atoms with van der Waals surface area (Å²) >= 11 is 0. The lowest BCUT2D eigenvalue weighted by molar-refractivity contribution is -0.133. The van der Waals surface area contributed by atoms with Crippen LogP contribution in [-0.4, -0.2) is 26.8 Å². The molecule has 4 heteroatoms. The van der Waals surface area contributed by atoms with E-state index in [-0.39, 0.29) is 11.1 Å². The quantitative estimate of drug-likeness (QED) is 0.392. The molecule has 1 atom stereocenters. The Balaban J connectivity index is 2.83. The molecule has 0 aromatic carbocycles. The summed E-state index contributed by atoms with van der Waals surface area (Å²) < 4.78 is 17.9. The lowest BCUT2D eigenvalue weighted by Crippen LogP contribution is -2.40. The topological polar surface area (TPSA) is 27.7 Å². The van der Waals surface area contributed by atoms with Gasteiger partial charge in [0.15, 0.2) is 5.79 Å². The Labute approximate surface area is 137 Å². The largest absolute Gasteiger partial charge is 0.544 e. The van der Waals surface area contributed by atoms with Crippen LogP contribution in [0.4, 0.5) is 0 Å². The Hall–Kier alpha value is -0.583. The highest BCUT2D eigenvalue weighted by molar-refractivity contribution is 6.74. The molecule has 0 bridgehead atoms. The van der Waals surface area contributed by atoms with E-state index < -0.39 is 14.1 Å². The lowest BCUT2D eigenvalue weighted by Gasteiger charge is -2.37. The van der Waals surface area contributed by atoms with E-state index in [0.29, 0.717) is 12.5 Å². The van der Waals surface area contributed by atoms with Crippen LogP contribution in [0, 0.1) is 5.92 Å². The number of allylic oxidation sites excluding steroid dienone is 2. The molecular formula is C18H34O3Si. The van der Waals surface area contributed by atoms with Crippen molar-refractivity contribution in [3.63, 3.8) is 0 Å². The van der Waals surface area contributed by atoms with E-state index in [2.05, 4.69) is 65.9 Å². The zero-order valence-electron chi connectivity index (χ0n) is 15.8. The average molecular weight is 327 g/mol. The van der Waals surface area contributed by atoms with Gasteiger partial charge in [0, 0.05) is 0 Å². The summed E-state index contributed by atoms with van der Waals surface area (Å²) in [5, 5.41) is 0.186. The maximum atomic E-state index is 6.44. The standard InChI is InChI=1S/C18H34O3Si/c1-14(2)12-15(21-22(8,9)17(3,4)5)10-11-16-13-19-18(6,7)20-16/h10-12,14,16H,13H2,1-9H3/b11-10+,15-12-/t16-/m0/s1. The summed E-state index contributed by atoms with van der Waals surface area (Å²) in [6.07, 6.45) is 6.28. The van der Waals surface area contributed by atoms with Crippen molar-refractivity contribution in [2.24, 2.45) is 5.92 Å². The predicted octanol–water partition coefficient (Wildman–Crippen LogP) is 5.26. The van der Waals surface area contributed by atoms with E-state index in [0.717, 1.165) is 5.76 Å². The second-order valence-electron chi connectivity index (χ2n) is 8.40. The SMILES string of the molecule is CC(C)/C=C(/C=C/[C@H]1COC(C)(C)O1)O[Si](C)(C)C(C)(C)C. The highest BCUT2D eigenvalue weighted by Crippen LogP contribution is 2.38. The van der Waals surface area contributed by atoms with Crippen LogP contribution in [0.1, 0.15) is 48.5 Å². The molecule has 0 amide bonds. The Morgan fingerprint density at radius 2 is 1.86 bits per heavy atom. The molecule has 0 spiro atoms. The van der Waals surface area contributed by atoms with Crippen molar-refractivity contribution in [2.45, 2.75) is 78.5 Å². The zero-order chi connectivity index (χ0) is 17.2. The number of rotatable bonds is 5. The van der Waals surface area contributed by atoms with Gasteiger partial charge in [0.25, 0.3) is 0 Å². The second-order valence-corrected chi connectivity index (χ2v) is 13.1. The van der Waals surface area contributed by atoms with Crippen molar-refractivity contribution in [1.29, 1.82) is 0 Å². The third-order valence-corrected chi connectivity index (χ3v) is 8.54. The van der Waals surface area contributed by atoms with Gasteiger partial charge in [0.1, 0.15) is 6.10 Å². The molecule has 0 saturated carbocycles. The van der Waals surface area contributed by atoms with Crippen molar-refractivity contribution >= 4 is 8.32 Å². The number of hydrogen-bond acceptors (Lipinski definition) is 3. The molecule has 1 fully saturated rings. The molecule has 1 saturated heterocycles. The lowest BCUT2D eigenvalue weighted by atomic mass is 10.2. The minimum atomic E-state index is -1.83. The van der Waals surface area contributed by atoms with Crippen molar-refractivity contribution in [3.05, 3.63) is 24.0 Å². The average Bonchev–Trinajstić information content (AvgIpc) is 2.63. The Morgan fingerprint density at radius 1 is 1.27 bits per heavy atom. The molecule has 0 unspecified atom stereocenters. The molecule has 0 aromatic rings. The summed E-state index contributed by atoms with van der Waals surface area (Å²) in [6, 6.07) is 0. The summed E-state index contributed by atoms with van der Waals surface area (Å²) in [5.74, 6) is 0.911. The van der Waals surface area contributed by atoms with E-state index in [9.17, 15) is 0 Å². The number of hydrogen-bond donors (Lipinski definition) is 0. The third kappa shape index (κ3) is 5.90. The van der Waals surface area contributed by atoms with Crippen LogP contribution in [0.25, 0.3) is 0 Å². The van der Waals surface area contributed by atoms with E-state index in [1.54, 1.807) is 0 Å². The molecule has 1 aliphatic heterocycles. The molecule has 0 radical (unpaired) electrons. The summed E-state index contributed by atoms with van der Waals surface area (Å²) in [4.78, 5) is 0. The summed E-state index contributed by atoms with van der Waals surface area (Å²) in [5.41, 5.74) is 0. The molecule has 0 aromatic heterocycles. The Morgan fingerprint density at radius 3 is 2.27 bits per heavy atom. The van der Waals surface area contributed by atoms with Crippen molar-refractivity contribution in [1.82, 2.24) is 0 Å². The smallest absolute Gasteiger partial charge is 0.250 e. The van der Waals surface area contributed by atoms with Gasteiger partial charge in [-0.15, -0.1) is 0 Å². The molecule has 0 N–H and O–H groups in total. The van der Waals surface area contributed by atoms with E-state index in [1.807, 2.05) is 13.8 Å². The van der Waals surface area contributed by atoms with Crippen LogP contribution in [0.2, 0.25) is 18.1 Å². The van der Waals surface area contributed by atoms with E-state index in [4.69, 9.17) is 13.9 Å². The maximum Gasteiger partial charge on any atom is 0.250 e. The van der Waals surface area contributed by atoms with Crippen LogP contribution in [-0.2, 0) is 13.9 Å². The number of ether oxygens (including phenoxy) is 2. The van der Waals surface area contributed by atoms with Gasteiger partial charge in [-0.3, -0.25) is 0 Å².